The minimum atomic E-state index is -0.870. The van der Waals surface area contributed by atoms with Crippen molar-refractivity contribution in [1.29, 1.82) is 0 Å². The van der Waals surface area contributed by atoms with E-state index in [4.69, 9.17) is 4.98 Å². The summed E-state index contributed by atoms with van der Waals surface area (Å²) < 4.78 is 1.84. The van der Waals surface area contributed by atoms with Crippen molar-refractivity contribution in [3.63, 3.8) is 0 Å². The van der Waals surface area contributed by atoms with E-state index in [2.05, 4.69) is 0 Å². The zero-order valence-corrected chi connectivity index (χ0v) is 16.6. The lowest BCUT2D eigenvalue weighted by molar-refractivity contribution is -0.136. The molecule has 5 nitrogen and oxygen atoms in total. The van der Waals surface area contributed by atoms with Crippen LogP contribution in [0.1, 0.15) is 68.4 Å². The summed E-state index contributed by atoms with van der Waals surface area (Å²) in [5.41, 5.74) is 1.27. The van der Waals surface area contributed by atoms with E-state index in [1.54, 1.807) is 18.3 Å². The second-order valence-corrected chi connectivity index (χ2v) is 9.74. The predicted molar refractivity (Wildman–Crippen MR) is 106 cm³/mol. The van der Waals surface area contributed by atoms with Gasteiger partial charge in [0, 0.05) is 10.9 Å². The van der Waals surface area contributed by atoms with Crippen molar-refractivity contribution >= 4 is 39.3 Å². The molecule has 0 bridgehead atoms. The van der Waals surface area contributed by atoms with Crippen LogP contribution in [0.4, 0.5) is 0 Å². The summed E-state index contributed by atoms with van der Waals surface area (Å²) in [6.07, 6.45) is 9.72. The average Bonchev–Trinajstić information content (AvgIpc) is 3.01. The Kier molecular flexibility index (Phi) is 5.10. The van der Waals surface area contributed by atoms with Crippen LogP contribution in [0.3, 0.4) is 0 Å². The van der Waals surface area contributed by atoms with E-state index in [1.165, 1.54) is 35.0 Å². The summed E-state index contributed by atoms with van der Waals surface area (Å²) in [5, 5.41) is 10.1. The van der Waals surface area contributed by atoms with E-state index in [0.717, 1.165) is 55.2 Å². The van der Waals surface area contributed by atoms with Crippen LogP contribution in [0.5, 0.6) is 0 Å². The molecule has 0 unspecified atom stereocenters. The molecule has 2 aromatic heterocycles. The van der Waals surface area contributed by atoms with Crippen molar-refractivity contribution in [2.24, 2.45) is 0 Å². The van der Waals surface area contributed by atoms with Crippen molar-refractivity contribution < 1.29 is 9.90 Å². The minimum absolute atomic E-state index is 0.0568. The van der Waals surface area contributed by atoms with Gasteiger partial charge in [-0.25, -0.2) is 4.98 Å². The fourth-order valence-corrected chi connectivity index (χ4v) is 6.37. The smallest absolute Gasteiger partial charge is 0.316 e. The highest BCUT2D eigenvalue weighted by atomic mass is 32.2. The Labute approximate surface area is 160 Å². The molecule has 0 aliphatic heterocycles. The zero-order chi connectivity index (χ0) is 18.3. The summed E-state index contributed by atoms with van der Waals surface area (Å²) in [6, 6.07) is 0.149. The van der Waals surface area contributed by atoms with Crippen molar-refractivity contribution in [2.45, 2.75) is 81.2 Å². The lowest BCUT2D eigenvalue weighted by Gasteiger charge is -2.26. The third kappa shape index (κ3) is 3.20. The molecule has 2 aromatic rings. The Balaban J connectivity index is 1.89. The van der Waals surface area contributed by atoms with Crippen molar-refractivity contribution in [1.82, 2.24) is 9.55 Å². The van der Waals surface area contributed by atoms with Crippen LogP contribution < -0.4 is 5.56 Å². The lowest BCUT2D eigenvalue weighted by atomic mass is 9.94. The number of nitrogens with zero attached hydrogens (tertiary/aromatic N) is 2. The number of rotatable bonds is 4. The molecule has 2 aliphatic carbocycles. The van der Waals surface area contributed by atoms with Gasteiger partial charge in [-0.1, -0.05) is 31.0 Å². The Bertz CT molecular complexity index is 896. The number of thiophene rings is 1. The molecule has 140 valence electrons. The summed E-state index contributed by atoms with van der Waals surface area (Å²) in [7, 11) is 0. The van der Waals surface area contributed by atoms with Gasteiger partial charge in [0.15, 0.2) is 5.16 Å². The highest BCUT2D eigenvalue weighted by molar-refractivity contribution is 8.00. The summed E-state index contributed by atoms with van der Waals surface area (Å²) in [5.74, 6) is -0.870. The van der Waals surface area contributed by atoms with E-state index in [9.17, 15) is 14.7 Å². The number of hydrogen-bond donors (Lipinski definition) is 1. The average molecular weight is 393 g/mol. The third-order valence-corrected chi connectivity index (χ3v) is 7.80. The standard InChI is InChI=1S/C19H24N2O3S2/c1-11(18(23)24)25-19-20-16-15(13-9-5-6-10-14(13)26-16)17(22)21(19)12-7-3-2-4-8-12/h11-12H,2-10H2,1H3,(H,23,24)/t11-/m0/s1. The fraction of sp³-hybridized carbons (Fsp3) is 0.632. The van der Waals surface area contributed by atoms with Crippen LogP contribution in [0.2, 0.25) is 0 Å². The first-order valence-corrected chi connectivity index (χ1v) is 11.2. The highest BCUT2D eigenvalue weighted by Crippen LogP contribution is 2.37. The summed E-state index contributed by atoms with van der Waals surface area (Å²) in [4.78, 5) is 31.8. The number of aromatic nitrogens is 2. The minimum Gasteiger partial charge on any atom is -0.480 e. The number of thioether (sulfide) groups is 1. The zero-order valence-electron chi connectivity index (χ0n) is 15.0. The van der Waals surface area contributed by atoms with E-state index in [0.29, 0.717) is 5.16 Å². The normalized spacial score (nSPS) is 19.4. The first kappa shape index (κ1) is 18.0. The maximum Gasteiger partial charge on any atom is 0.316 e. The van der Waals surface area contributed by atoms with Crippen molar-refractivity contribution in [3.8, 4) is 0 Å². The SMILES string of the molecule is C[C@H](Sc1nc2sc3c(c2c(=O)n1C1CCCCC1)CCCC3)C(=O)O. The van der Waals surface area contributed by atoms with E-state index >= 15 is 0 Å². The summed E-state index contributed by atoms with van der Waals surface area (Å²) >= 11 is 2.84. The molecule has 2 aliphatic rings. The highest BCUT2D eigenvalue weighted by Gasteiger charge is 2.27. The van der Waals surface area contributed by atoms with Crippen LogP contribution >= 0.6 is 23.1 Å². The molecule has 0 spiro atoms. The number of carboxylic acids is 1. The number of carbonyl (C=O) groups is 1. The third-order valence-electron chi connectivity index (χ3n) is 5.56. The van der Waals surface area contributed by atoms with Gasteiger partial charge in [0.1, 0.15) is 10.1 Å². The molecule has 0 radical (unpaired) electrons. The maximum atomic E-state index is 13.5. The predicted octanol–water partition coefficient (Wildman–Crippen LogP) is 4.41. The van der Waals surface area contributed by atoms with Crippen LogP contribution in [-0.2, 0) is 17.6 Å². The van der Waals surface area contributed by atoms with Gasteiger partial charge < -0.3 is 5.11 Å². The Morgan fingerprint density at radius 3 is 2.69 bits per heavy atom. The first-order chi connectivity index (χ1) is 12.6. The van der Waals surface area contributed by atoms with E-state index in [1.807, 2.05) is 4.57 Å². The number of fused-ring (bicyclic) bond motifs is 3. The maximum absolute atomic E-state index is 13.5. The van der Waals surface area contributed by atoms with Gasteiger partial charge in [-0.05, 0) is 51.0 Å². The number of aryl methyl sites for hydroxylation is 2. The molecule has 1 atom stereocenters. The fourth-order valence-electron chi connectivity index (χ4n) is 4.15. The molecule has 0 amide bonds. The second kappa shape index (κ2) is 7.35. The Hall–Kier alpha value is -1.34. The quantitative estimate of drug-likeness (QED) is 0.616. The van der Waals surface area contributed by atoms with E-state index in [-0.39, 0.29) is 11.6 Å². The molecule has 0 saturated heterocycles. The first-order valence-electron chi connectivity index (χ1n) is 9.52. The number of carboxylic acid groups (broad SMARTS) is 1. The molecule has 2 heterocycles. The number of hydrogen-bond acceptors (Lipinski definition) is 5. The van der Waals surface area contributed by atoms with Crippen molar-refractivity contribution in [3.05, 3.63) is 20.8 Å². The van der Waals surface area contributed by atoms with Crippen LogP contribution in [0.15, 0.2) is 9.95 Å². The van der Waals surface area contributed by atoms with Gasteiger partial charge in [-0.15, -0.1) is 11.3 Å². The Morgan fingerprint density at radius 2 is 1.96 bits per heavy atom. The molecule has 4 rings (SSSR count). The Morgan fingerprint density at radius 1 is 1.23 bits per heavy atom. The monoisotopic (exact) mass is 392 g/mol. The van der Waals surface area contributed by atoms with Gasteiger partial charge in [-0.2, -0.15) is 0 Å². The van der Waals surface area contributed by atoms with Gasteiger partial charge in [-0.3, -0.25) is 14.2 Å². The van der Waals surface area contributed by atoms with Gasteiger partial charge in [0.2, 0.25) is 0 Å². The molecule has 0 aromatic carbocycles. The number of aliphatic carboxylic acids is 1. The van der Waals surface area contributed by atoms with Crippen molar-refractivity contribution in [2.75, 3.05) is 0 Å². The second-order valence-electron chi connectivity index (χ2n) is 7.35. The van der Waals surface area contributed by atoms with Crippen LogP contribution in [-0.4, -0.2) is 25.9 Å². The van der Waals surface area contributed by atoms with Gasteiger partial charge in [0.25, 0.3) is 5.56 Å². The molecule has 1 saturated carbocycles. The topological polar surface area (TPSA) is 72.2 Å². The molecule has 7 heteroatoms. The lowest BCUT2D eigenvalue weighted by Crippen LogP contribution is -2.30. The van der Waals surface area contributed by atoms with Gasteiger partial charge >= 0.3 is 5.97 Å². The molecular formula is C19H24N2O3S2. The molecular weight excluding hydrogens is 368 g/mol. The van der Waals surface area contributed by atoms with Gasteiger partial charge in [0.05, 0.1) is 5.39 Å². The molecule has 26 heavy (non-hydrogen) atoms. The summed E-state index contributed by atoms with van der Waals surface area (Å²) in [6.45, 7) is 1.66. The van der Waals surface area contributed by atoms with Crippen LogP contribution in [0, 0.1) is 0 Å². The largest absolute Gasteiger partial charge is 0.480 e. The van der Waals surface area contributed by atoms with Crippen LogP contribution in [0.25, 0.3) is 10.2 Å². The molecule has 1 fully saturated rings. The van der Waals surface area contributed by atoms with E-state index < -0.39 is 11.2 Å². The molecule has 1 N–H and O–H groups in total.